The van der Waals surface area contributed by atoms with E-state index in [-0.39, 0.29) is 56.4 Å². The number of carbonyl (C=O) groups is 2. The Labute approximate surface area is 207 Å². The van der Waals surface area contributed by atoms with Crippen LogP contribution in [-0.2, 0) is 14.4 Å². The summed E-state index contributed by atoms with van der Waals surface area (Å²) in [4.78, 5) is 41.5. The van der Waals surface area contributed by atoms with Crippen molar-refractivity contribution in [2.24, 2.45) is 0 Å². The molecule has 11 nitrogen and oxygen atoms in total. The molecule has 2 aliphatic heterocycles. The number of nitrogens with zero attached hydrogens (tertiary/aromatic N) is 4. The van der Waals surface area contributed by atoms with Crippen molar-refractivity contribution in [3.05, 3.63) is 58.1 Å². The first kappa shape index (κ1) is 25.9. The molecule has 0 bridgehead atoms. The van der Waals surface area contributed by atoms with Crippen molar-refractivity contribution in [1.82, 2.24) is 5.32 Å². The van der Waals surface area contributed by atoms with Gasteiger partial charge in [0.1, 0.15) is 11.8 Å². The van der Waals surface area contributed by atoms with Crippen LogP contribution in [-0.4, -0.2) is 68.8 Å². The average molecular weight is 527 g/mol. The van der Waals surface area contributed by atoms with Gasteiger partial charge in [-0.3, -0.25) is 29.7 Å². The third-order valence-electron chi connectivity index (χ3n) is 5.74. The maximum Gasteiger partial charge on any atom is 0.414 e. The number of benzene rings is 2. The van der Waals surface area contributed by atoms with Crippen LogP contribution in [0.15, 0.2) is 36.4 Å². The molecular weight excluding hydrogens is 506 g/mol. The number of nitro benzene ring substituents is 1. The van der Waals surface area contributed by atoms with Gasteiger partial charge in [-0.25, -0.2) is 13.6 Å². The second kappa shape index (κ2) is 10.9. The number of anilines is 3. The number of halogens is 4. The van der Waals surface area contributed by atoms with Gasteiger partial charge in [-0.05, 0) is 12.1 Å². The van der Waals surface area contributed by atoms with Crippen LogP contribution in [0.5, 0.6) is 0 Å². The molecule has 2 aromatic rings. The summed E-state index contributed by atoms with van der Waals surface area (Å²) in [5, 5.41) is 14.2. The Morgan fingerprint density at radius 2 is 1.78 bits per heavy atom. The van der Waals surface area contributed by atoms with Gasteiger partial charge in [-0.15, -0.1) is 0 Å². The van der Waals surface area contributed by atoms with E-state index in [0.29, 0.717) is 5.69 Å². The van der Waals surface area contributed by atoms with E-state index < -0.39 is 41.1 Å². The molecule has 0 spiro atoms. The molecule has 0 saturated carbocycles. The van der Waals surface area contributed by atoms with Gasteiger partial charge in [0.25, 0.3) is 11.6 Å². The number of nitrogens with one attached hydrogen (secondary N) is 1. The minimum Gasteiger partial charge on any atom is -0.442 e. The molecule has 2 aromatic carbocycles. The maximum atomic E-state index is 15.1. The standard InChI is InChI=1S/C22H21F4N5O6/c23-17-9-15(29-12-16(37-22(29)33)11-27-21(32)20(25)26)10-18(24)19(17)28-5-6-30(36-8-7-28)13-1-3-14(4-2-13)31(34)35/h1-4,9-10,16,20H,5-8,11-12H2,(H,27,32)/t16-/m0/s1. The monoisotopic (exact) mass is 527 g/mol. The molecule has 2 heterocycles. The fraction of sp³-hybridized carbons (Fsp3) is 0.364. The second-order valence-corrected chi connectivity index (χ2v) is 8.12. The Balaban J connectivity index is 1.43. The summed E-state index contributed by atoms with van der Waals surface area (Å²) in [5.74, 6) is -3.41. The highest BCUT2D eigenvalue weighted by Gasteiger charge is 2.34. The summed E-state index contributed by atoms with van der Waals surface area (Å²) in [6.07, 6.45) is -5.14. The molecule has 1 N–H and O–H groups in total. The molecule has 0 radical (unpaired) electrons. The van der Waals surface area contributed by atoms with E-state index in [0.717, 1.165) is 17.0 Å². The number of rotatable bonds is 7. The van der Waals surface area contributed by atoms with Crippen LogP contribution in [0.1, 0.15) is 0 Å². The van der Waals surface area contributed by atoms with Crippen LogP contribution in [0.4, 0.5) is 45.1 Å². The van der Waals surface area contributed by atoms with E-state index >= 15 is 8.78 Å². The number of cyclic esters (lactones) is 1. The number of alkyl halides is 2. The number of ether oxygens (including phenoxy) is 1. The lowest BCUT2D eigenvalue weighted by atomic mass is 10.2. The SMILES string of the molecule is O=C(NC[C@H]1CN(c2cc(F)c(N3CCON(c4ccc([N+](=O)[O-])cc4)CC3)c(F)c2)C(=O)O1)C(F)F. The Morgan fingerprint density at radius 1 is 1.11 bits per heavy atom. The first-order valence-corrected chi connectivity index (χ1v) is 11.1. The van der Waals surface area contributed by atoms with Crippen LogP contribution in [0.2, 0.25) is 0 Å². The topological polar surface area (TPSA) is 117 Å². The van der Waals surface area contributed by atoms with Gasteiger partial charge in [0.05, 0.1) is 42.5 Å². The fourth-order valence-electron chi connectivity index (χ4n) is 3.96. The number of hydrogen-bond donors (Lipinski definition) is 1. The lowest BCUT2D eigenvalue weighted by molar-refractivity contribution is -0.384. The fourth-order valence-corrected chi connectivity index (χ4v) is 3.96. The first-order valence-electron chi connectivity index (χ1n) is 11.1. The third-order valence-corrected chi connectivity index (χ3v) is 5.74. The van der Waals surface area contributed by atoms with Gasteiger partial charge in [0.15, 0.2) is 11.6 Å². The smallest absolute Gasteiger partial charge is 0.414 e. The molecule has 2 amide bonds. The molecular formula is C22H21F4N5O6. The predicted molar refractivity (Wildman–Crippen MR) is 122 cm³/mol. The second-order valence-electron chi connectivity index (χ2n) is 8.12. The van der Waals surface area contributed by atoms with Gasteiger partial charge in [0.2, 0.25) is 0 Å². The van der Waals surface area contributed by atoms with Crippen LogP contribution in [0.3, 0.4) is 0 Å². The Bertz CT molecular complexity index is 1160. The summed E-state index contributed by atoms with van der Waals surface area (Å²) in [5.41, 5.74) is -0.0117. The van der Waals surface area contributed by atoms with Crippen molar-refractivity contribution in [2.45, 2.75) is 12.5 Å². The lowest BCUT2D eigenvalue weighted by Gasteiger charge is -2.25. The van der Waals surface area contributed by atoms with E-state index in [9.17, 15) is 28.5 Å². The van der Waals surface area contributed by atoms with Crippen molar-refractivity contribution in [2.75, 3.05) is 54.2 Å². The largest absolute Gasteiger partial charge is 0.442 e. The molecule has 198 valence electrons. The van der Waals surface area contributed by atoms with Gasteiger partial charge >= 0.3 is 12.5 Å². The van der Waals surface area contributed by atoms with E-state index in [1.54, 1.807) is 0 Å². The molecule has 4 rings (SSSR count). The average Bonchev–Trinajstić information content (AvgIpc) is 3.06. The van der Waals surface area contributed by atoms with E-state index in [1.165, 1.54) is 34.2 Å². The first-order chi connectivity index (χ1) is 17.6. The van der Waals surface area contributed by atoms with E-state index in [1.807, 2.05) is 5.32 Å². The molecule has 0 unspecified atom stereocenters. The number of hydroxylamine groups is 1. The van der Waals surface area contributed by atoms with Crippen LogP contribution in [0, 0.1) is 21.7 Å². The maximum absolute atomic E-state index is 15.1. The number of carbonyl (C=O) groups excluding carboxylic acids is 2. The van der Waals surface area contributed by atoms with Crippen molar-refractivity contribution in [3.8, 4) is 0 Å². The summed E-state index contributed by atoms with van der Waals surface area (Å²) < 4.78 is 59.8. The van der Waals surface area contributed by atoms with E-state index in [4.69, 9.17) is 9.57 Å². The third kappa shape index (κ3) is 5.82. The van der Waals surface area contributed by atoms with Crippen LogP contribution >= 0.6 is 0 Å². The van der Waals surface area contributed by atoms with Gasteiger partial charge in [-0.1, -0.05) is 0 Å². The number of amides is 2. The quantitative estimate of drug-likeness (QED) is 0.332. The molecule has 37 heavy (non-hydrogen) atoms. The molecule has 1 atom stereocenters. The summed E-state index contributed by atoms with van der Waals surface area (Å²) >= 11 is 0. The van der Waals surface area contributed by atoms with Gasteiger partial charge in [-0.2, -0.15) is 8.78 Å². The Morgan fingerprint density at radius 3 is 2.41 bits per heavy atom. The lowest BCUT2D eigenvalue weighted by Crippen LogP contribution is -2.37. The van der Waals surface area contributed by atoms with Crippen molar-refractivity contribution in [3.63, 3.8) is 0 Å². The molecule has 2 saturated heterocycles. The van der Waals surface area contributed by atoms with Crippen molar-refractivity contribution < 1.29 is 41.6 Å². The molecule has 15 heteroatoms. The summed E-state index contributed by atoms with van der Waals surface area (Å²) in [6.45, 7) is -0.0308. The summed E-state index contributed by atoms with van der Waals surface area (Å²) in [7, 11) is 0. The van der Waals surface area contributed by atoms with Crippen LogP contribution < -0.4 is 20.2 Å². The van der Waals surface area contributed by atoms with E-state index in [2.05, 4.69) is 0 Å². The zero-order chi connectivity index (χ0) is 26.7. The van der Waals surface area contributed by atoms with Gasteiger partial charge < -0.3 is 15.0 Å². The summed E-state index contributed by atoms with van der Waals surface area (Å²) in [6, 6.07) is 7.57. The van der Waals surface area contributed by atoms with Gasteiger partial charge in [0, 0.05) is 37.4 Å². The van der Waals surface area contributed by atoms with Crippen molar-refractivity contribution in [1.29, 1.82) is 0 Å². The highest BCUT2D eigenvalue weighted by molar-refractivity contribution is 5.90. The normalized spacial score (nSPS) is 18.1. The predicted octanol–water partition coefficient (Wildman–Crippen LogP) is 2.84. The highest BCUT2D eigenvalue weighted by Crippen LogP contribution is 2.32. The molecule has 2 fully saturated rings. The highest BCUT2D eigenvalue weighted by atomic mass is 19.3. The number of non-ortho nitro benzene ring substituents is 1. The molecule has 0 aromatic heterocycles. The number of hydrogen-bond acceptors (Lipinski definition) is 8. The van der Waals surface area contributed by atoms with Crippen molar-refractivity contribution >= 4 is 34.7 Å². The number of nitro groups is 1. The molecule has 2 aliphatic rings. The minimum absolute atomic E-state index is 0.0715. The molecule has 0 aliphatic carbocycles. The zero-order valence-corrected chi connectivity index (χ0v) is 19.1. The zero-order valence-electron chi connectivity index (χ0n) is 19.1. The minimum atomic E-state index is -3.23. The Kier molecular flexibility index (Phi) is 7.61. The Hall–Kier alpha value is -4.14. The van der Waals surface area contributed by atoms with Crippen LogP contribution in [0.25, 0.3) is 0 Å².